The summed E-state index contributed by atoms with van der Waals surface area (Å²) in [5.74, 6) is 1.30. The molecule has 2 aromatic rings. The molecule has 0 saturated carbocycles. The maximum Gasteiger partial charge on any atom is 0.182 e. The van der Waals surface area contributed by atoms with E-state index in [1.807, 2.05) is 12.1 Å². The molecule has 14 heavy (non-hydrogen) atoms. The number of anilines is 1. The van der Waals surface area contributed by atoms with Crippen molar-refractivity contribution in [1.82, 2.24) is 5.16 Å². The Balaban J connectivity index is 2.23. The molecule has 2 rings (SSSR count). The summed E-state index contributed by atoms with van der Waals surface area (Å²) in [6.45, 7) is 1.79. The molecule has 2 heterocycles. The molecule has 0 aliphatic carbocycles. The van der Waals surface area contributed by atoms with E-state index in [2.05, 4.69) is 5.16 Å². The number of nitrogens with zero attached hydrogens (tertiary/aromatic N) is 1. The Hall–Kier alpha value is -1.97. The first-order valence-electron chi connectivity index (χ1n) is 4.20. The minimum Gasteiger partial charge on any atom is -0.465 e. The Morgan fingerprint density at radius 3 is 2.86 bits per heavy atom. The van der Waals surface area contributed by atoms with Crippen molar-refractivity contribution in [3.8, 4) is 0 Å². The second kappa shape index (κ2) is 3.41. The van der Waals surface area contributed by atoms with Crippen molar-refractivity contribution in [3.05, 3.63) is 35.6 Å². The van der Waals surface area contributed by atoms with Gasteiger partial charge in [0.2, 0.25) is 0 Å². The number of aromatic nitrogens is 1. The highest BCUT2D eigenvalue weighted by atomic mass is 16.5. The summed E-state index contributed by atoms with van der Waals surface area (Å²) in [5, 5.41) is 3.73. The molecule has 0 spiro atoms. The van der Waals surface area contributed by atoms with E-state index in [1.165, 1.54) is 0 Å². The lowest BCUT2D eigenvalue weighted by molar-refractivity contribution is 0.408. The van der Waals surface area contributed by atoms with Crippen molar-refractivity contribution in [3.63, 3.8) is 0 Å². The normalized spacial score (nSPS) is 11.2. The molecule has 0 atom stereocenters. The molecule has 0 amide bonds. The molecule has 0 radical (unpaired) electrons. The van der Waals surface area contributed by atoms with Crippen molar-refractivity contribution in [2.75, 3.05) is 5.73 Å². The van der Waals surface area contributed by atoms with Crippen LogP contribution in [0.4, 0.5) is 5.69 Å². The van der Waals surface area contributed by atoms with Gasteiger partial charge in [0.15, 0.2) is 5.76 Å². The lowest BCUT2D eigenvalue weighted by Crippen LogP contribution is -1.86. The van der Waals surface area contributed by atoms with Crippen LogP contribution in [0.15, 0.2) is 27.3 Å². The van der Waals surface area contributed by atoms with Gasteiger partial charge >= 0.3 is 0 Å². The van der Waals surface area contributed by atoms with E-state index in [9.17, 15) is 0 Å². The van der Waals surface area contributed by atoms with Crippen LogP contribution in [0.1, 0.15) is 17.2 Å². The monoisotopic (exact) mass is 190 g/mol. The Labute approximate surface area is 81.0 Å². The zero-order valence-electron chi connectivity index (χ0n) is 7.73. The molecule has 0 saturated heterocycles. The van der Waals surface area contributed by atoms with Crippen LogP contribution in [0.25, 0.3) is 12.2 Å². The minimum atomic E-state index is 0.555. The average Bonchev–Trinajstić information content (AvgIpc) is 2.77. The van der Waals surface area contributed by atoms with Crippen molar-refractivity contribution in [2.45, 2.75) is 6.92 Å². The van der Waals surface area contributed by atoms with Crippen LogP contribution < -0.4 is 5.73 Å². The van der Waals surface area contributed by atoms with E-state index in [1.54, 1.807) is 25.3 Å². The second-order valence-corrected chi connectivity index (χ2v) is 2.89. The zero-order chi connectivity index (χ0) is 9.97. The lowest BCUT2D eigenvalue weighted by atomic mass is 10.3. The van der Waals surface area contributed by atoms with Crippen molar-refractivity contribution in [2.24, 2.45) is 0 Å². The van der Waals surface area contributed by atoms with E-state index in [-0.39, 0.29) is 0 Å². The summed E-state index contributed by atoms with van der Waals surface area (Å²) < 4.78 is 10.1. The predicted octanol–water partition coefficient (Wildman–Crippen LogP) is 2.33. The lowest BCUT2D eigenvalue weighted by Gasteiger charge is -1.86. The molecule has 0 unspecified atom stereocenters. The van der Waals surface area contributed by atoms with Crippen LogP contribution in [0.3, 0.4) is 0 Å². The van der Waals surface area contributed by atoms with Crippen LogP contribution in [-0.4, -0.2) is 5.16 Å². The molecule has 0 aliphatic rings. The Kier molecular flexibility index (Phi) is 2.10. The number of rotatable bonds is 2. The van der Waals surface area contributed by atoms with Crippen LogP contribution in [0.2, 0.25) is 0 Å². The van der Waals surface area contributed by atoms with Gasteiger partial charge in [0.1, 0.15) is 17.1 Å². The fourth-order valence-electron chi connectivity index (χ4n) is 1.06. The quantitative estimate of drug-likeness (QED) is 0.789. The second-order valence-electron chi connectivity index (χ2n) is 2.89. The van der Waals surface area contributed by atoms with Gasteiger partial charge < -0.3 is 14.7 Å². The van der Waals surface area contributed by atoms with Crippen LogP contribution >= 0.6 is 0 Å². The summed E-state index contributed by atoms with van der Waals surface area (Å²) in [6.07, 6.45) is 5.11. The molecule has 0 aliphatic heterocycles. The summed E-state index contributed by atoms with van der Waals surface area (Å²) in [5.41, 5.74) is 6.96. The first-order chi connectivity index (χ1) is 6.77. The Morgan fingerprint density at radius 2 is 2.29 bits per heavy atom. The van der Waals surface area contributed by atoms with Crippen LogP contribution in [0.5, 0.6) is 0 Å². The minimum absolute atomic E-state index is 0.555. The van der Waals surface area contributed by atoms with Crippen molar-refractivity contribution < 1.29 is 8.94 Å². The predicted molar refractivity (Wildman–Crippen MR) is 53.3 cm³/mol. The first-order valence-corrected chi connectivity index (χ1v) is 4.20. The maximum absolute atomic E-state index is 5.70. The molecule has 72 valence electrons. The van der Waals surface area contributed by atoms with Gasteiger partial charge in [-0.25, -0.2) is 0 Å². The number of hydrogen-bond acceptors (Lipinski definition) is 4. The van der Waals surface area contributed by atoms with Gasteiger partial charge in [0.05, 0.1) is 6.26 Å². The van der Waals surface area contributed by atoms with E-state index in [0.29, 0.717) is 17.1 Å². The highest BCUT2D eigenvalue weighted by Crippen LogP contribution is 2.18. The number of furan rings is 1. The maximum atomic E-state index is 5.70. The fraction of sp³-hybridized carbons (Fsp3) is 0.100. The van der Waals surface area contributed by atoms with Gasteiger partial charge in [0, 0.05) is 0 Å². The molecule has 4 nitrogen and oxygen atoms in total. The van der Waals surface area contributed by atoms with Gasteiger partial charge in [-0.15, -0.1) is 0 Å². The molecule has 0 aromatic carbocycles. The number of aryl methyl sites for hydroxylation is 1. The largest absolute Gasteiger partial charge is 0.465 e. The van der Waals surface area contributed by atoms with Gasteiger partial charge in [-0.1, -0.05) is 5.16 Å². The van der Waals surface area contributed by atoms with E-state index in [0.717, 1.165) is 5.76 Å². The van der Waals surface area contributed by atoms with Gasteiger partial charge in [-0.3, -0.25) is 0 Å². The highest BCUT2D eigenvalue weighted by Gasteiger charge is 2.05. The smallest absolute Gasteiger partial charge is 0.182 e. The Morgan fingerprint density at radius 1 is 1.43 bits per heavy atom. The fourth-order valence-corrected chi connectivity index (χ4v) is 1.06. The topological polar surface area (TPSA) is 65.2 Å². The number of nitrogen functional groups attached to an aromatic ring is 1. The standard InChI is InChI=1S/C10H10N2O2/c1-7-10(11)9(14-12-7)5-4-8-3-2-6-13-8/h2-6H,11H2,1H3/b5-4+. The third-order valence-corrected chi connectivity index (χ3v) is 1.88. The van der Waals surface area contributed by atoms with E-state index < -0.39 is 0 Å². The molecule has 0 bridgehead atoms. The summed E-state index contributed by atoms with van der Waals surface area (Å²) in [4.78, 5) is 0. The van der Waals surface area contributed by atoms with Gasteiger partial charge in [-0.2, -0.15) is 0 Å². The van der Waals surface area contributed by atoms with Crippen LogP contribution in [-0.2, 0) is 0 Å². The molecular weight excluding hydrogens is 180 g/mol. The van der Waals surface area contributed by atoms with Crippen molar-refractivity contribution in [1.29, 1.82) is 0 Å². The average molecular weight is 190 g/mol. The molecule has 4 heteroatoms. The van der Waals surface area contributed by atoms with E-state index in [4.69, 9.17) is 14.7 Å². The first kappa shape index (κ1) is 8.62. The molecule has 2 N–H and O–H groups in total. The number of hydrogen-bond donors (Lipinski definition) is 1. The zero-order valence-corrected chi connectivity index (χ0v) is 7.73. The molecule has 2 aromatic heterocycles. The number of nitrogens with two attached hydrogens (primary N) is 1. The summed E-state index contributed by atoms with van der Waals surface area (Å²) in [7, 11) is 0. The molecule has 0 fully saturated rings. The van der Waals surface area contributed by atoms with Gasteiger partial charge in [-0.05, 0) is 31.2 Å². The van der Waals surface area contributed by atoms with E-state index >= 15 is 0 Å². The third kappa shape index (κ3) is 1.54. The van der Waals surface area contributed by atoms with Crippen LogP contribution in [0, 0.1) is 6.92 Å². The highest BCUT2D eigenvalue weighted by molar-refractivity contribution is 5.71. The molecular formula is C10H10N2O2. The summed E-state index contributed by atoms with van der Waals surface area (Å²) in [6, 6.07) is 3.66. The van der Waals surface area contributed by atoms with Crippen molar-refractivity contribution >= 4 is 17.8 Å². The third-order valence-electron chi connectivity index (χ3n) is 1.88. The Bertz CT molecular complexity index is 441. The summed E-state index contributed by atoms with van der Waals surface area (Å²) >= 11 is 0. The van der Waals surface area contributed by atoms with Gasteiger partial charge in [0.25, 0.3) is 0 Å². The SMILES string of the molecule is Cc1noc(/C=C/c2ccco2)c1N.